The Balaban J connectivity index is 2.34. The van der Waals surface area contributed by atoms with Gasteiger partial charge in [0.25, 0.3) is 0 Å². The number of para-hydroxylation sites is 1. The first-order valence-corrected chi connectivity index (χ1v) is 6.11. The lowest BCUT2D eigenvalue weighted by Crippen LogP contribution is -1.85. The van der Waals surface area contributed by atoms with Crippen LogP contribution in [0.5, 0.6) is 0 Å². The number of aromatic amines is 1. The quantitative estimate of drug-likeness (QED) is 0.703. The van der Waals surface area contributed by atoms with Crippen molar-refractivity contribution in [2.45, 2.75) is 0 Å². The van der Waals surface area contributed by atoms with Crippen molar-refractivity contribution in [2.24, 2.45) is 0 Å². The molecule has 0 unspecified atom stereocenters. The average molecular weight is 278 g/mol. The molecule has 1 heterocycles. The van der Waals surface area contributed by atoms with Gasteiger partial charge in [-0.25, -0.2) is 4.98 Å². The Bertz CT molecular complexity index is 734. The number of nitrogens with two attached hydrogens (primary N) is 1. The largest absolute Gasteiger partial charge is 0.369 e. The summed E-state index contributed by atoms with van der Waals surface area (Å²) in [6.45, 7) is 0. The van der Waals surface area contributed by atoms with E-state index in [-0.39, 0.29) is 0 Å². The third-order valence-electron chi connectivity index (χ3n) is 2.77. The molecular weight excluding hydrogens is 269 g/mol. The van der Waals surface area contributed by atoms with E-state index in [1.807, 2.05) is 30.3 Å². The summed E-state index contributed by atoms with van der Waals surface area (Å²) in [6.07, 6.45) is 0. The van der Waals surface area contributed by atoms with Crippen molar-refractivity contribution < 1.29 is 0 Å². The number of benzene rings is 2. The number of imidazole rings is 1. The van der Waals surface area contributed by atoms with E-state index < -0.39 is 0 Å². The van der Waals surface area contributed by atoms with Crippen LogP contribution in [0.15, 0.2) is 36.4 Å². The van der Waals surface area contributed by atoms with Crippen molar-refractivity contribution >= 4 is 40.2 Å². The standard InChI is InChI=1S/C13H9Cl2N3/c14-9-5-1-3-7(11(9)15)8-4-2-6-10-12(8)18-13(16)17-10/h1-6H,(H3,16,17,18). The third-order valence-corrected chi connectivity index (χ3v) is 3.59. The summed E-state index contributed by atoms with van der Waals surface area (Å²) in [6, 6.07) is 11.3. The molecule has 3 nitrogen and oxygen atoms in total. The maximum absolute atomic E-state index is 6.23. The maximum atomic E-state index is 6.23. The summed E-state index contributed by atoms with van der Waals surface area (Å²) in [4.78, 5) is 7.27. The second kappa shape index (κ2) is 4.19. The minimum Gasteiger partial charge on any atom is -0.369 e. The molecule has 2 aromatic carbocycles. The van der Waals surface area contributed by atoms with Gasteiger partial charge in [0.05, 0.1) is 21.1 Å². The van der Waals surface area contributed by atoms with Gasteiger partial charge >= 0.3 is 0 Å². The van der Waals surface area contributed by atoms with Crippen molar-refractivity contribution in [3.63, 3.8) is 0 Å². The number of hydrogen-bond acceptors (Lipinski definition) is 2. The molecule has 0 saturated carbocycles. The molecule has 0 fully saturated rings. The van der Waals surface area contributed by atoms with E-state index in [0.717, 1.165) is 22.2 Å². The van der Waals surface area contributed by atoms with Gasteiger partial charge in [-0.05, 0) is 12.1 Å². The Morgan fingerprint density at radius 2 is 1.72 bits per heavy atom. The van der Waals surface area contributed by atoms with Gasteiger partial charge in [0.1, 0.15) is 0 Å². The van der Waals surface area contributed by atoms with Crippen LogP contribution < -0.4 is 5.73 Å². The van der Waals surface area contributed by atoms with Crippen molar-refractivity contribution in [3.8, 4) is 11.1 Å². The number of rotatable bonds is 1. The predicted octanol–water partition coefficient (Wildman–Crippen LogP) is 4.12. The Labute approximate surface area is 114 Å². The summed E-state index contributed by atoms with van der Waals surface area (Å²) < 4.78 is 0. The van der Waals surface area contributed by atoms with Crippen LogP contribution in [0.25, 0.3) is 22.2 Å². The van der Waals surface area contributed by atoms with E-state index in [2.05, 4.69) is 9.97 Å². The Kier molecular flexibility index (Phi) is 2.65. The van der Waals surface area contributed by atoms with Crippen LogP contribution >= 0.6 is 23.2 Å². The molecule has 0 bridgehead atoms. The van der Waals surface area contributed by atoms with Gasteiger partial charge < -0.3 is 10.7 Å². The zero-order valence-electron chi connectivity index (χ0n) is 9.24. The molecule has 90 valence electrons. The fourth-order valence-electron chi connectivity index (χ4n) is 1.98. The highest BCUT2D eigenvalue weighted by Gasteiger charge is 2.12. The molecule has 0 aliphatic rings. The van der Waals surface area contributed by atoms with Gasteiger partial charge in [0.15, 0.2) is 5.95 Å². The Morgan fingerprint density at radius 3 is 2.56 bits per heavy atom. The molecule has 3 N–H and O–H groups in total. The van der Waals surface area contributed by atoms with Crippen molar-refractivity contribution in [3.05, 3.63) is 46.4 Å². The molecule has 0 saturated heterocycles. The number of H-pyrrole nitrogens is 1. The summed E-state index contributed by atoms with van der Waals surface area (Å²) in [5.74, 6) is 0.385. The van der Waals surface area contributed by atoms with E-state index in [4.69, 9.17) is 28.9 Å². The lowest BCUT2D eigenvalue weighted by atomic mass is 10.0. The highest BCUT2D eigenvalue weighted by atomic mass is 35.5. The number of fused-ring (bicyclic) bond motifs is 1. The van der Waals surface area contributed by atoms with Crippen LogP contribution in [-0.2, 0) is 0 Å². The lowest BCUT2D eigenvalue weighted by molar-refractivity contribution is 1.35. The van der Waals surface area contributed by atoms with Gasteiger partial charge in [0, 0.05) is 11.1 Å². The van der Waals surface area contributed by atoms with Gasteiger partial charge in [-0.15, -0.1) is 0 Å². The maximum Gasteiger partial charge on any atom is 0.198 e. The summed E-state index contributed by atoms with van der Waals surface area (Å²) in [5, 5.41) is 1.04. The molecule has 3 rings (SSSR count). The second-order valence-electron chi connectivity index (χ2n) is 3.93. The monoisotopic (exact) mass is 277 g/mol. The van der Waals surface area contributed by atoms with Crippen LogP contribution in [0.2, 0.25) is 10.0 Å². The molecule has 5 heteroatoms. The number of nitrogen functional groups attached to an aromatic ring is 1. The molecule has 0 radical (unpaired) electrons. The molecule has 18 heavy (non-hydrogen) atoms. The molecule has 0 aliphatic carbocycles. The SMILES string of the molecule is Nc1nc2c(-c3cccc(Cl)c3Cl)cccc2[nH]1. The van der Waals surface area contributed by atoms with E-state index in [1.165, 1.54) is 0 Å². The highest BCUT2D eigenvalue weighted by Crippen LogP contribution is 2.36. The minimum atomic E-state index is 0.385. The van der Waals surface area contributed by atoms with Crippen LogP contribution in [0.4, 0.5) is 5.95 Å². The average Bonchev–Trinajstić information content (AvgIpc) is 2.73. The number of halogens is 2. The van der Waals surface area contributed by atoms with Crippen molar-refractivity contribution in [2.75, 3.05) is 5.73 Å². The predicted molar refractivity (Wildman–Crippen MR) is 76.0 cm³/mol. The van der Waals surface area contributed by atoms with Gasteiger partial charge in [-0.1, -0.05) is 47.5 Å². The molecule has 0 amide bonds. The first-order valence-electron chi connectivity index (χ1n) is 5.35. The molecule has 0 spiro atoms. The van der Waals surface area contributed by atoms with Gasteiger partial charge in [0.2, 0.25) is 0 Å². The van der Waals surface area contributed by atoms with Crippen LogP contribution in [0.3, 0.4) is 0 Å². The van der Waals surface area contributed by atoms with E-state index in [0.29, 0.717) is 16.0 Å². The minimum absolute atomic E-state index is 0.385. The number of anilines is 1. The molecule has 1 aromatic heterocycles. The second-order valence-corrected chi connectivity index (χ2v) is 4.71. The zero-order chi connectivity index (χ0) is 12.7. The number of hydrogen-bond donors (Lipinski definition) is 2. The first kappa shape index (κ1) is 11.4. The Morgan fingerprint density at radius 1 is 1.00 bits per heavy atom. The third kappa shape index (κ3) is 1.72. The van der Waals surface area contributed by atoms with Crippen LogP contribution in [-0.4, -0.2) is 9.97 Å². The normalized spacial score (nSPS) is 11.0. The summed E-state index contributed by atoms with van der Waals surface area (Å²) >= 11 is 12.3. The van der Waals surface area contributed by atoms with Crippen molar-refractivity contribution in [1.82, 2.24) is 9.97 Å². The lowest BCUT2D eigenvalue weighted by Gasteiger charge is -2.06. The molecule has 0 atom stereocenters. The Hall–Kier alpha value is -1.71. The summed E-state index contributed by atoms with van der Waals surface area (Å²) in [5.41, 5.74) is 9.11. The van der Waals surface area contributed by atoms with E-state index in [9.17, 15) is 0 Å². The van der Waals surface area contributed by atoms with Crippen LogP contribution in [0, 0.1) is 0 Å². The van der Waals surface area contributed by atoms with Gasteiger partial charge in [-0.2, -0.15) is 0 Å². The smallest absolute Gasteiger partial charge is 0.198 e. The van der Waals surface area contributed by atoms with E-state index >= 15 is 0 Å². The first-order chi connectivity index (χ1) is 8.66. The highest BCUT2D eigenvalue weighted by molar-refractivity contribution is 6.43. The number of nitrogens with zero attached hydrogens (tertiary/aromatic N) is 1. The molecular formula is C13H9Cl2N3. The summed E-state index contributed by atoms with van der Waals surface area (Å²) in [7, 11) is 0. The number of nitrogens with one attached hydrogen (secondary N) is 1. The zero-order valence-corrected chi connectivity index (χ0v) is 10.8. The van der Waals surface area contributed by atoms with Crippen LogP contribution in [0.1, 0.15) is 0 Å². The fraction of sp³-hybridized carbons (Fsp3) is 0. The van der Waals surface area contributed by atoms with Crippen molar-refractivity contribution in [1.29, 1.82) is 0 Å². The topological polar surface area (TPSA) is 54.7 Å². The fourth-order valence-corrected chi connectivity index (χ4v) is 2.38. The van der Waals surface area contributed by atoms with Gasteiger partial charge in [-0.3, -0.25) is 0 Å². The number of aromatic nitrogens is 2. The molecule has 0 aliphatic heterocycles. The van der Waals surface area contributed by atoms with E-state index in [1.54, 1.807) is 6.07 Å². The molecule has 3 aromatic rings.